The zero-order chi connectivity index (χ0) is 22.5. The molecule has 0 unspecified atom stereocenters. The number of nitrogens with zero attached hydrogens (tertiary/aromatic N) is 2. The summed E-state index contributed by atoms with van der Waals surface area (Å²) in [6, 6.07) is 6.29. The van der Waals surface area contributed by atoms with Crippen LogP contribution >= 0.6 is 0 Å². The molecule has 1 aromatic heterocycles. The van der Waals surface area contributed by atoms with Crippen LogP contribution in [-0.2, 0) is 11.2 Å². The maximum absolute atomic E-state index is 12.7. The number of hydrazone groups is 1. The molecule has 0 bridgehead atoms. The van der Waals surface area contributed by atoms with E-state index in [2.05, 4.69) is 20.7 Å². The SMILES string of the molecule is Cc1c(C(=O)NCCN2CCOCC2)oc2c1/C(=N/NC(=O)c1ccccc1O)CCC2. The highest BCUT2D eigenvalue weighted by atomic mass is 16.5. The van der Waals surface area contributed by atoms with Crippen LogP contribution in [0, 0.1) is 6.92 Å². The van der Waals surface area contributed by atoms with Crippen LogP contribution in [0.25, 0.3) is 0 Å². The zero-order valence-electron chi connectivity index (χ0n) is 18.1. The normalized spacial score (nSPS) is 17.7. The molecular formula is C23H28N4O5. The number of hydrogen-bond acceptors (Lipinski definition) is 7. The lowest BCUT2D eigenvalue weighted by Crippen LogP contribution is -2.41. The number of carbonyl (C=O) groups excluding carboxylic acids is 2. The Morgan fingerprint density at radius 3 is 2.72 bits per heavy atom. The summed E-state index contributed by atoms with van der Waals surface area (Å²) in [7, 11) is 0. The lowest BCUT2D eigenvalue weighted by atomic mass is 9.93. The van der Waals surface area contributed by atoms with Crippen LogP contribution in [0.15, 0.2) is 33.8 Å². The molecule has 32 heavy (non-hydrogen) atoms. The molecule has 2 aromatic rings. The largest absolute Gasteiger partial charge is 0.507 e. The first-order valence-corrected chi connectivity index (χ1v) is 10.9. The molecule has 2 heterocycles. The van der Waals surface area contributed by atoms with Gasteiger partial charge in [0.05, 0.1) is 24.5 Å². The van der Waals surface area contributed by atoms with Crippen molar-refractivity contribution in [3.63, 3.8) is 0 Å². The number of phenols is 1. The van der Waals surface area contributed by atoms with Gasteiger partial charge in [0.25, 0.3) is 11.8 Å². The molecule has 1 saturated heterocycles. The maximum atomic E-state index is 12.7. The number of ether oxygens (including phenoxy) is 1. The summed E-state index contributed by atoms with van der Waals surface area (Å²) in [6.45, 7) is 6.32. The Labute approximate surface area is 186 Å². The number of phenolic OH excluding ortho intramolecular Hbond substituents is 1. The van der Waals surface area contributed by atoms with E-state index in [1.807, 2.05) is 6.92 Å². The Hall–Kier alpha value is -3.17. The summed E-state index contributed by atoms with van der Waals surface area (Å²) < 4.78 is 11.2. The van der Waals surface area contributed by atoms with Gasteiger partial charge in [0.2, 0.25) is 0 Å². The van der Waals surface area contributed by atoms with Gasteiger partial charge in [0, 0.05) is 43.7 Å². The summed E-state index contributed by atoms with van der Waals surface area (Å²) >= 11 is 0. The molecule has 9 heteroatoms. The second-order valence-electron chi connectivity index (χ2n) is 7.93. The van der Waals surface area contributed by atoms with Gasteiger partial charge in [-0.05, 0) is 31.9 Å². The molecular weight excluding hydrogens is 412 g/mol. The van der Waals surface area contributed by atoms with E-state index in [4.69, 9.17) is 9.15 Å². The zero-order valence-corrected chi connectivity index (χ0v) is 18.1. The molecule has 0 spiro atoms. The number of aryl methyl sites for hydroxylation is 1. The average molecular weight is 441 g/mol. The van der Waals surface area contributed by atoms with Gasteiger partial charge in [0.15, 0.2) is 5.76 Å². The molecule has 1 aliphatic heterocycles. The number of furan rings is 1. The van der Waals surface area contributed by atoms with Gasteiger partial charge in [-0.3, -0.25) is 14.5 Å². The summed E-state index contributed by atoms with van der Waals surface area (Å²) in [5.41, 5.74) is 4.84. The smallest absolute Gasteiger partial charge is 0.287 e. The second-order valence-corrected chi connectivity index (χ2v) is 7.93. The van der Waals surface area contributed by atoms with E-state index in [9.17, 15) is 14.7 Å². The molecule has 0 saturated carbocycles. The van der Waals surface area contributed by atoms with Crippen molar-refractivity contribution in [2.45, 2.75) is 26.2 Å². The maximum Gasteiger partial charge on any atom is 0.287 e. The van der Waals surface area contributed by atoms with Crippen molar-refractivity contribution in [2.75, 3.05) is 39.4 Å². The van der Waals surface area contributed by atoms with Crippen LogP contribution in [0.3, 0.4) is 0 Å². The predicted molar refractivity (Wildman–Crippen MR) is 118 cm³/mol. The van der Waals surface area contributed by atoms with Gasteiger partial charge < -0.3 is 19.6 Å². The molecule has 2 aliphatic rings. The number of rotatable bonds is 6. The van der Waals surface area contributed by atoms with E-state index in [-0.39, 0.29) is 17.2 Å². The summed E-state index contributed by atoms with van der Waals surface area (Å²) in [4.78, 5) is 27.4. The fraction of sp³-hybridized carbons (Fsp3) is 0.435. The van der Waals surface area contributed by atoms with E-state index < -0.39 is 5.91 Å². The fourth-order valence-corrected chi connectivity index (χ4v) is 4.07. The number of carbonyl (C=O) groups is 2. The number of hydrogen-bond donors (Lipinski definition) is 3. The standard InChI is InChI=1S/C23H28N4O5/c1-15-20-17(25-26-22(29)16-5-2-3-7-18(16)28)6-4-8-19(20)32-21(15)23(30)24-9-10-27-11-13-31-14-12-27/h2-3,5,7,28H,4,6,8-14H2,1H3,(H,24,30)(H,26,29)/b25-17+. The van der Waals surface area contributed by atoms with Crippen molar-refractivity contribution < 1.29 is 23.8 Å². The number of fused-ring (bicyclic) bond motifs is 1. The third-order valence-electron chi connectivity index (χ3n) is 5.79. The van der Waals surface area contributed by atoms with Gasteiger partial charge in [0.1, 0.15) is 11.5 Å². The summed E-state index contributed by atoms with van der Waals surface area (Å²) in [6.07, 6.45) is 2.18. The highest BCUT2D eigenvalue weighted by molar-refractivity contribution is 6.07. The topological polar surface area (TPSA) is 116 Å². The molecule has 1 aliphatic carbocycles. The molecule has 0 radical (unpaired) electrons. The molecule has 1 aromatic carbocycles. The third kappa shape index (κ3) is 4.84. The van der Waals surface area contributed by atoms with E-state index in [1.54, 1.807) is 12.1 Å². The van der Waals surface area contributed by atoms with Crippen molar-refractivity contribution in [2.24, 2.45) is 5.10 Å². The minimum absolute atomic E-state index is 0.106. The van der Waals surface area contributed by atoms with E-state index in [0.717, 1.165) is 50.4 Å². The number of para-hydroxylation sites is 1. The Balaban J connectivity index is 1.43. The van der Waals surface area contributed by atoms with Crippen LogP contribution in [0.2, 0.25) is 0 Å². The number of aromatic hydroxyl groups is 1. The molecule has 3 N–H and O–H groups in total. The monoisotopic (exact) mass is 440 g/mol. The number of benzene rings is 1. The van der Waals surface area contributed by atoms with Crippen molar-refractivity contribution in [3.8, 4) is 5.75 Å². The molecule has 170 valence electrons. The first kappa shape index (κ1) is 22.0. The minimum Gasteiger partial charge on any atom is -0.507 e. The highest BCUT2D eigenvalue weighted by Crippen LogP contribution is 2.30. The first-order valence-electron chi connectivity index (χ1n) is 10.9. The third-order valence-corrected chi connectivity index (χ3v) is 5.79. The first-order chi connectivity index (χ1) is 15.5. The quantitative estimate of drug-likeness (QED) is 0.590. The van der Waals surface area contributed by atoms with E-state index in [1.165, 1.54) is 12.1 Å². The highest BCUT2D eigenvalue weighted by Gasteiger charge is 2.28. The summed E-state index contributed by atoms with van der Waals surface area (Å²) in [5, 5.41) is 17.1. The van der Waals surface area contributed by atoms with Crippen molar-refractivity contribution >= 4 is 17.5 Å². The Bertz CT molecular complexity index is 1020. The van der Waals surface area contributed by atoms with Gasteiger partial charge >= 0.3 is 0 Å². The Morgan fingerprint density at radius 2 is 1.94 bits per heavy atom. The van der Waals surface area contributed by atoms with Crippen LogP contribution in [0.4, 0.5) is 0 Å². The minimum atomic E-state index is -0.495. The van der Waals surface area contributed by atoms with Crippen LogP contribution in [-0.4, -0.2) is 66.9 Å². The average Bonchev–Trinajstić information content (AvgIpc) is 3.15. The van der Waals surface area contributed by atoms with Gasteiger partial charge in [-0.25, -0.2) is 5.43 Å². The number of nitrogens with one attached hydrogen (secondary N) is 2. The van der Waals surface area contributed by atoms with Crippen molar-refractivity contribution in [3.05, 3.63) is 52.5 Å². The molecule has 9 nitrogen and oxygen atoms in total. The predicted octanol–water partition coefficient (Wildman–Crippen LogP) is 1.83. The van der Waals surface area contributed by atoms with Gasteiger partial charge in [-0.2, -0.15) is 5.10 Å². The van der Waals surface area contributed by atoms with E-state index >= 15 is 0 Å². The number of amides is 2. The lowest BCUT2D eigenvalue weighted by Gasteiger charge is -2.26. The number of morpholine rings is 1. The van der Waals surface area contributed by atoms with Crippen LogP contribution < -0.4 is 10.7 Å². The van der Waals surface area contributed by atoms with Crippen LogP contribution in [0.1, 0.15) is 50.6 Å². The summed E-state index contributed by atoms with van der Waals surface area (Å²) in [5.74, 6) is 0.152. The molecule has 0 atom stereocenters. The molecule has 4 rings (SSSR count). The second kappa shape index (κ2) is 9.97. The van der Waals surface area contributed by atoms with Crippen LogP contribution in [0.5, 0.6) is 5.75 Å². The molecule has 2 amide bonds. The fourth-order valence-electron chi connectivity index (χ4n) is 4.07. The van der Waals surface area contributed by atoms with Crippen molar-refractivity contribution in [1.29, 1.82) is 0 Å². The Morgan fingerprint density at radius 1 is 1.16 bits per heavy atom. The van der Waals surface area contributed by atoms with E-state index in [0.29, 0.717) is 36.6 Å². The van der Waals surface area contributed by atoms with Gasteiger partial charge in [-0.15, -0.1) is 0 Å². The van der Waals surface area contributed by atoms with Gasteiger partial charge in [-0.1, -0.05) is 12.1 Å². The lowest BCUT2D eigenvalue weighted by molar-refractivity contribution is 0.0382. The van der Waals surface area contributed by atoms with Crippen molar-refractivity contribution in [1.82, 2.24) is 15.6 Å². The molecule has 1 fully saturated rings. The Kier molecular flexibility index (Phi) is 6.87.